The molecule has 1 aromatic carbocycles. The number of carbonyl (C=O) groups excluding carboxylic acids is 1. The number of piperidine rings is 1. The number of hydrogen-bond donors (Lipinski definition) is 1. The van der Waals surface area contributed by atoms with E-state index in [4.69, 9.17) is 11.6 Å². The third-order valence-electron chi connectivity index (χ3n) is 5.28. The van der Waals surface area contributed by atoms with Crippen LogP contribution in [0, 0.1) is 13.8 Å². The molecular formula is C18H28ClN2OY+. The minimum atomic E-state index is -0.0141. The van der Waals surface area contributed by atoms with Gasteiger partial charge in [0, 0.05) is 43.4 Å². The maximum absolute atomic E-state index is 12.8. The Bertz CT molecular complexity index is 533. The number of hydrogen-bond acceptors (Lipinski definition) is 1. The molecule has 0 bridgehead atoms. The van der Waals surface area contributed by atoms with Crippen molar-refractivity contribution < 1.29 is 42.0 Å². The summed E-state index contributed by atoms with van der Waals surface area (Å²) in [6.07, 6.45) is 3.75. The average Bonchev–Trinajstić information content (AvgIpc) is 2.50. The number of carbonyl (C=O) groups is 1. The molecular weight excluding hydrogens is 385 g/mol. The van der Waals surface area contributed by atoms with E-state index in [2.05, 4.69) is 19.2 Å². The zero-order valence-corrected chi connectivity index (χ0v) is 18.4. The molecule has 1 aliphatic heterocycles. The molecule has 5 heteroatoms. The van der Waals surface area contributed by atoms with Crippen LogP contribution in [0.15, 0.2) is 12.1 Å². The Hall–Kier alpha value is 0.0439. The maximum Gasteiger partial charge on any atom is 0.282 e. The van der Waals surface area contributed by atoms with E-state index in [1.165, 1.54) is 19.3 Å². The normalized spacial score (nSPS) is 18.0. The van der Waals surface area contributed by atoms with Gasteiger partial charge in [-0.15, -0.1) is 0 Å². The van der Waals surface area contributed by atoms with Crippen LogP contribution in [0.4, 0.5) is 5.69 Å². The standard InChI is InChI=1S/C18H27ClN2O.Y/c1-5-21(9-7-6-8-10-21)15(4)18(22)20-17-13(2)11-16(19)12-14(17)3;/h11-12,15H,5-10H2,1-4H3;/p+1. The van der Waals surface area contributed by atoms with E-state index in [1.807, 2.05) is 26.0 Å². The first-order chi connectivity index (χ1) is 10.4. The van der Waals surface area contributed by atoms with Crippen LogP contribution in [0.25, 0.3) is 0 Å². The van der Waals surface area contributed by atoms with Crippen molar-refractivity contribution >= 4 is 23.2 Å². The summed E-state index contributed by atoms with van der Waals surface area (Å²) in [6, 6.07) is 3.79. The summed E-state index contributed by atoms with van der Waals surface area (Å²) < 4.78 is 0.914. The van der Waals surface area contributed by atoms with E-state index in [1.54, 1.807) is 0 Å². The van der Waals surface area contributed by atoms with Crippen LogP contribution in [0.3, 0.4) is 0 Å². The number of anilines is 1. The van der Waals surface area contributed by atoms with Gasteiger partial charge in [0.15, 0.2) is 6.04 Å². The van der Waals surface area contributed by atoms with Crippen molar-refractivity contribution in [3.8, 4) is 0 Å². The second-order valence-corrected chi connectivity index (χ2v) is 7.06. The molecule has 23 heavy (non-hydrogen) atoms. The molecule has 1 aromatic rings. The summed E-state index contributed by atoms with van der Waals surface area (Å²) in [4.78, 5) is 12.8. The van der Waals surface area contributed by atoms with Gasteiger partial charge in [-0.05, 0) is 70.2 Å². The van der Waals surface area contributed by atoms with Crippen molar-refractivity contribution in [2.24, 2.45) is 0 Å². The van der Waals surface area contributed by atoms with Crippen LogP contribution < -0.4 is 5.32 Å². The minimum absolute atomic E-state index is 0. The van der Waals surface area contributed by atoms with Crippen molar-refractivity contribution in [2.45, 2.75) is 53.0 Å². The smallest absolute Gasteiger partial charge is 0.282 e. The maximum atomic E-state index is 12.8. The van der Waals surface area contributed by atoms with Gasteiger partial charge in [-0.2, -0.15) is 0 Å². The predicted molar refractivity (Wildman–Crippen MR) is 93.4 cm³/mol. The van der Waals surface area contributed by atoms with Gasteiger partial charge in [0.1, 0.15) is 0 Å². The second-order valence-electron chi connectivity index (χ2n) is 6.62. The Kier molecular flexibility index (Phi) is 8.20. The summed E-state index contributed by atoms with van der Waals surface area (Å²) in [6.45, 7) is 11.5. The minimum Gasteiger partial charge on any atom is -0.320 e. The summed E-state index contributed by atoms with van der Waals surface area (Å²) in [7, 11) is 0. The number of nitrogens with zero attached hydrogens (tertiary/aromatic N) is 1. The summed E-state index contributed by atoms with van der Waals surface area (Å²) in [5.41, 5.74) is 2.95. The van der Waals surface area contributed by atoms with Crippen molar-refractivity contribution in [3.05, 3.63) is 28.3 Å². The van der Waals surface area contributed by atoms with E-state index in [9.17, 15) is 4.79 Å². The van der Waals surface area contributed by atoms with Crippen molar-refractivity contribution in [1.82, 2.24) is 0 Å². The third-order valence-corrected chi connectivity index (χ3v) is 5.50. The molecule has 2 rings (SSSR count). The first-order valence-corrected chi connectivity index (χ1v) is 8.71. The van der Waals surface area contributed by atoms with Crippen LogP contribution in [0.1, 0.15) is 44.2 Å². The SMILES string of the molecule is CC[N+]1(C(C)C(=O)Nc2c(C)cc(Cl)cc2C)CCCCC1.[Y]. The Morgan fingerprint density at radius 3 is 2.22 bits per heavy atom. The molecule has 0 spiro atoms. The Balaban J connectivity index is 0.00000264. The van der Waals surface area contributed by atoms with Gasteiger partial charge in [-0.25, -0.2) is 0 Å². The Labute approximate surface area is 170 Å². The molecule has 1 unspecified atom stereocenters. The van der Waals surface area contributed by atoms with Gasteiger partial charge in [0.05, 0.1) is 19.6 Å². The van der Waals surface area contributed by atoms with Crippen LogP contribution >= 0.6 is 11.6 Å². The Morgan fingerprint density at radius 1 is 1.22 bits per heavy atom. The zero-order valence-electron chi connectivity index (χ0n) is 14.8. The van der Waals surface area contributed by atoms with Gasteiger partial charge in [-0.3, -0.25) is 4.79 Å². The number of benzene rings is 1. The quantitative estimate of drug-likeness (QED) is 0.734. The van der Waals surface area contributed by atoms with Crippen LogP contribution in [0.2, 0.25) is 5.02 Å². The number of rotatable bonds is 4. The molecule has 3 nitrogen and oxygen atoms in total. The number of amides is 1. The van der Waals surface area contributed by atoms with Gasteiger partial charge in [0.2, 0.25) is 0 Å². The van der Waals surface area contributed by atoms with Gasteiger partial charge < -0.3 is 9.80 Å². The topological polar surface area (TPSA) is 29.1 Å². The van der Waals surface area contributed by atoms with Crippen LogP contribution in [-0.2, 0) is 37.5 Å². The number of nitrogens with one attached hydrogen (secondary N) is 1. The fourth-order valence-corrected chi connectivity index (χ4v) is 4.03. The zero-order chi connectivity index (χ0) is 16.3. The van der Waals surface area contributed by atoms with E-state index < -0.39 is 0 Å². The van der Waals surface area contributed by atoms with Crippen LogP contribution in [0.5, 0.6) is 0 Å². The molecule has 0 saturated carbocycles. The molecule has 1 radical (unpaired) electrons. The second kappa shape index (κ2) is 8.94. The number of aryl methyl sites for hydroxylation is 2. The molecule has 1 saturated heterocycles. The predicted octanol–water partition coefficient (Wildman–Crippen LogP) is 4.30. The molecule has 1 fully saturated rings. The molecule has 1 N–H and O–H groups in total. The van der Waals surface area contributed by atoms with Crippen molar-refractivity contribution in [1.29, 1.82) is 0 Å². The third kappa shape index (κ3) is 4.78. The molecule has 1 aliphatic rings. The Morgan fingerprint density at radius 2 is 1.74 bits per heavy atom. The number of quaternary nitrogens is 1. The monoisotopic (exact) mass is 412 g/mol. The van der Waals surface area contributed by atoms with Gasteiger partial charge >= 0.3 is 0 Å². The van der Waals surface area contributed by atoms with E-state index in [0.29, 0.717) is 5.02 Å². The van der Waals surface area contributed by atoms with Gasteiger partial charge in [-0.1, -0.05) is 11.6 Å². The molecule has 1 heterocycles. The van der Waals surface area contributed by atoms with Crippen molar-refractivity contribution in [2.75, 3.05) is 25.0 Å². The first kappa shape index (κ1) is 21.1. The van der Waals surface area contributed by atoms with Crippen molar-refractivity contribution in [3.63, 3.8) is 0 Å². The number of likely N-dealkylation sites (tertiary alicyclic amines) is 1. The largest absolute Gasteiger partial charge is 0.320 e. The number of halogens is 1. The van der Waals surface area contributed by atoms with E-state index in [-0.39, 0.29) is 44.7 Å². The average molecular weight is 413 g/mol. The van der Waals surface area contributed by atoms with E-state index >= 15 is 0 Å². The summed E-state index contributed by atoms with van der Waals surface area (Å²) in [5, 5.41) is 3.87. The number of likely N-dealkylation sites (N-methyl/N-ethyl adjacent to an activating group) is 1. The molecule has 0 aromatic heterocycles. The molecule has 0 aliphatic carbocycles. The molecule has 125 valence electrons. The summed E-state index contributed by atoms with van der Waals surface area (Å²) in [5.74, 6) is 0.122. The molecule has 1 amide bonds. The fourth-order valence-electron chi connectivity index (χ4n) is 3.70. The van der Waals surface area contributed by atoms with Crippen LogP contribution in [-0.4, -0.2) is 36.1 Å². The summed E-state index contributed by atoms with van der Waals surface area (Å²) >= 11 is 6.07. The molecule has 1 atom stereocenters. The fraction of sp³-hybridized carbons (Fsp3) is 0.611. The van der Waals surface area contributed by atoms with E-state index in [0.717, 1.165) is 40.9 Å². The van der Waals surface area contributed by atoms with Gasteiger partial charge in [0.25, 0.3) is 5.91 Å². The first-order valence-electron chi connectivity index (χ1n) is 8.33.